The third kappa shape index (κ3) is 2.14. The minimum absolute atomic E-state index is 0.355. The molecule has 0 bridgehead atoms. The van der Waals surface area contributed by atoms with E-state index < -0.39 is 0 Å². The van der Waals surface area contributed by atoms with Gasteiger partial charge in [-0.05, 0) is 24.3 Å². The van der Waals surface area contributed by atoms with E-state index >= 15 is 0 Å². The van der Waals surface area contributed by atoms with Crippen LogP contribution in [0.3, 0.4) is 0 Å². The normalized spacial score (nSPS) is 10.4. The number of hydrogen-bond donors (Lipinski definition) is 2. The molecule has 0 atom stereocenters. The molecule has 0 radical (unpaired) electrons. The van der Waals surface area contributed by atoms with Crippen LogP contribution in [0, 0.1) is 0 Å². The van der Waals surface area contributed by atoms with E-state index in [1.807, 2.05) is 0 Å². The first kappa shape index (κ1) is 11.3. The molecule has 0 saturated carbocycles. The Labute approximate surface area is 108 Å². The van der Waals surface area contributed by atoms with Gasteiger partial charge in [0.1, 0.15) is 0 Å². The lowest BCUT2D eigenvalue weighted by Gasteiger charge is -2.01. The highest BCUT2D eigenvalue weighted by atomic mass is 16.5. The predicted molar refractivity (Wildman–Crippen MR) is 68.6 cm³/mol. The summed E-state index contributed by atoms with van der Waals surface area (Å²) < 4.78 is 5.23. The Kier molecular flexibility index (Phi) is 2.87. The Morgan fingerprint density at radius 1 is 1.11 bits per heavy atom. The van der Waals surface area contributed by atoms with Gasteiger partial charge in [0.25, 0.3) is 5.89 Å². The van der Waals surface area contributed by atoms with Crippen LogP contribution in [0.2, 0.25) is 0 Å². The molecule has 3 aromatic heterocycles. The zero-order valence-corrected chi connectivity index (χ0v) is 9.82. The van der Waals surface area contributed by atoms with Crippen molar-refractivity contribution in [2.45, 2.75) is 0 Å². The van der Waals surface area contributed by atoms with Crippen molar-refractivity contribution in [3.63, 3.8) is 0 Å². The minimum atomic E-state index is 0.355. The van der Waals surface area contributed by atoms with Gasteiger partial charge in [-0.25, -0.2) is 10.8 Å². The second-order valence-electron chi connectivity index (χ2n) is 3.70. The summed E-state index contributed by atoms with van der Waals surface area (Å²) >= 11 is 0. The molecule has 0 amide bonds. The average Bonchev–Trinajstić information content (AvgIpc) is 2.98. The smallest absolute Gasteiger partial charge is 0.262 e. The van der Waals surface area contributed by atoms with Crippen molar-refractivity contribution in [1.29, 1.82) is 0 Å². The zero-order valence-electron chi connectivity index (χ0n) is 9.82. The van der Waals surface area contributed by atoms with Gasteiger partial charge in [-0.2, -0.15) is 4.98 Å². The number of hydrogen-bond acceptors (Lipinski definition) is 7. The molecule has 0 unspecified atom stereocenters. The molecular weight excluding hydrogens is 244 g/mol. The topological polar surface area (TPSA) is 103 Å². The molecule has 0 aliphatic heterocycles. The zero-order chi connectivity index (χ0) is 13.1. The maximum atomic E-state index is 5.40. The molecule has 0 fully saturated rings. The summed E-state index contributed by atoms with van der Waals surface area (Å²) in [7, 11) is 0. The van der Waals surface area contributed by atoms with Gasteiger partial charge in [0.05, 0.1) is 5.56 Å². The maximum absolute atomic E-state index is 5.40. The van der Waals surface area contributed by atoms with Crippen molar-refractivity contribution >= 4 is 5.82 Å². The van der Waals surface area contributed by atoms with Gasteiger partial charge < -0.3 is 9.95 Å². The lowest BCUT2D eigenvalue weighted by atomic mass is 10.2. The molecule has 7 nitrogen and oxygen atoms in total. The summed E-state index contributed by atoms with van der Waals surface area (Å²) in [5.74, 6) is 6.72. The SMILES string of the molecule is NNc1ncccc1-c1nc(-c2ccncc2)no1. The van der Waals surface area contributed by atoms with E-state index in [2.05, 4.69) is 25.5 Å². The minimum Gasteiger partial charge on any atom is -0.333 e. The Balaban J connectivity index is 2.02. The number of aromatic nitrogens is 4. The average molecular weight is 254 g/mol. The molecule has 0 aliphatic rings. The van der Waals surface area contributed by atoms with Crippen LogP contribution in [0.1, 0.15) is 0 Å². The van der Waals surface area contributed by atoms with Gasteiger partial charge in [0.15, 0.2) is 5.82 Å². The molecule has 0 aliphatic carbocycles. The fourth-order valence-electron chi connectivity index (χ4n) is 1.64. The maximum Gasteiger partial charge on any atom is 0.262 e. The second-order valence-corrected chi connectivity index (χ2v) is 3.70. The Morgan fingerprint density at radius 2 is 1.95 bits per heavy atom. The molecule has 0 saturated heterocycles. The standard InChI is InChI=1S/C12H10N6O/c13-17-11-9(2-1-5-15-11)12-16-10(18-19-12)8-3-6-14-7-4-8/h1-7H,13H2,(H,15,17). The van der Waals surface area contributed by atoms with E-state index in [4.69, 9.17) is 10.4 Å². The summed E-state index contributed by atoms with van der Waals surface area (Å²) in [5.41, 5.74) is 3.97. The van der Waals surface area contributed by atoms with Crippen molar-refractivity contribution in [3.8, 4) is 22.8 Å². The van der Waals surface area contributed by atoms with Crippen molar-refractivity contribution in [3.05, 3.63) is 42.9 Å². The molecule has 3 N–H and O–H groups in total. The number of anilines is 1. The van der Waals surface area contributed by atoms with E-state index in [-0.39, 0.29) is 0 Å². The predicted octanol–water partition coefficient (Wildman–Crippen LogP) is 1.48. The van der Waals surface area contributed by atoms with Gasteiger partial charge >= 0.3 is 0 Å². The summed E-state index contributed by atoms with van der Waals surface area (Å²) in [5, 5.41) is 3.93. The van der Waals surface area contributed by atoms with Gasteiger partial charge in [-0.15, -0.1) is 0 Å². The van der Waals surface area contributed by atoms with E-state index in [1.54, 1.807) is 42.9 Å². The highest BCUT2D eigenvalue weighted by Crippen LogP contribution is 2.25. The Bertz CT molecular complexity index is 681. The summed E-state index contributed by atoms with van der Waals surface area (Å²) in [6.45, 7) is 0. The van der Waals surface area contributed by atoms with Gasteiger partial charge in [-0.1, -0.05) is 5.16 Å². The molecule has 3 rings (SSSR count). The van der Waals surface area contributed by atoms with Crippen molar-refractivity contribution in [2.75, 3.05) is 5.43 Å². The van der Waals surface area contributed by atoms with E-state index in [0.29, 0.717) is 23.1 Å². The van der Waals surface area contributed by atoms with Crippen LogP contribution in [0.5, 0.6) is 0 Å². The van der Waals surface area contributed by atoms with Crippen molar-refractivity contribution in [1.82, 2.24) is 20.1 Å². The number of pyridine rings is 2. The highest BCUT2D eigenvalue weighted by Gasteiger charge is 2.13. The fraction of sp³-hybridized carbons (Fsp3) is 0. The lowest BCUT2D eigenvalue weighted by molar-refractivity contribution is 0.432. The number of rotatable bonds is 3. The Morgan fingerprint density at radius 3 is 2.74 bits per heavy atom. The molecular formula is C12H10N6O. The van der Waals surface area contributed by atoms with Crippen LogP contribution in [-0.4, -0.2) is 20.1 Å². The van der Waals surface area contributed by atoms with Crippen LogP contribution in [0.25, 0.3) is 22.8 Å². The van der Waals surface area contributed by atoms with Gasteiger partial charge in [0, 0.05) is 24.2 Å². The number of nitrogen functional groups attached to an aromatic ring is 1. The van der Waals surface area contributed by atoms with Crippen molar-refractivity contribution < 1.29 is 4.52 Å². The molecule has 3 aromatic rings. The fourth-order valence-corrected chi connectivity index (χ4v) is 1.64. The van der Waals surface area contributed by atoms with E-state index in [1.165, 1.54) is 0 Å². The first-order valence-electron chi connectivity index (χ1n) is 5.54. The first-order chi connectivity index (χ1) is 9.38. The number of hydrazine groups is 1. The highest BCUT2D eigenvalue weighted by molar-refractivity contribution is 5.69. The van der Waals surface area contributed by atoms with Crippen LogP contribution in [0.15, 0.2) is 47.4 Å². The van der Waals surface area contributed by atoms with E-state index in [0.717, 1.165) is 5.56 Å². The van der Waals surface area contributed by atoms with Gasteiger partial charge in [0.2, 0.25) is 5.82 Å². The van der Waals surface area contributed by atoms with Gasteiger partial charge in [-0.3, -0.25) is 4.98 Å². The van der Waals surface area contributed by atoms with E-state index in [9.17, 15) is 0 Å². The molecule has 0 spiro atoms. The van der Waals surface area contributed by atoms with Crippen LogP contribution >= 0.6 is 0 Å². The summed E-state index contributed by atoms with van der Waals surface area (Å²) in [6.07, 6.45) is 4.96. The number of nitrogens with two attached hydrogens (primary N) is 1. The monoisotopic (exact) mass is 254 g/mol. The summed E-state index contributed by atoms with van der Waals surface area (Å²) in [6, 6.07) is 7.18. The lowest BCUT2D eigenvalue weighted by Crippen LogP contribution is -2.09. The van der Waals surface area contributed by atoms with Crippen molar-refractivity contribution in [2.24, 2.45) is 5.84 Å². The molecule has 0 aromatic carbocycles. The van der Waals surface area contributed by atoms with Crippen LogP contribution < -0.4 is 11.3 Å². The summed E-state index contributed by atoms with van der Waals surface area (Å²) in [4.78, 5) is 12.3. The molecule has 94 valence electrons. The van der Waals surface area contributed by atoms with Crippen LogP contribution in [-0.2, 0) is 0 Å². The number of nitrogens with zero attached hydrogens (tertiary/aromatic N) is 4. The molecule has 7 heteroatoms. The molecule has 19 heavy (non-hydrogen) atoms. The Hall–Kier alpha value is -2.80. The third-order valence-corrected chi connectivity index (χ3v) is 2.54. The van der Waals surface area contributed by atoms with Crippen LogP contribution in [0.4, 0.5) is 5.82 Å². The number of nitrogens with one attached hydrogen (secondary N) is 1. The quantitative estimate of drug-likeness (QED) is 0.539. The first-order valence-corrected chi connectivity index (χ1v) is 5.54. The third-order valence-electron chi connectivity index (χ3n) is 2.54. The molecule has 3 heterocycles. The second kappa shape index (κ2) is 4.83. The largest absolute Gasteiger partial charge is 0.333 e.